The summed E-state index contributed by atoms with van der Waals surface area (Å²) < 4.78 is 10.9. The van der Waals surface area contributed by atoms with Crippen LogP contribution in [0.3, 0.4) is 0 Å². The van der Waals surface area contributed by atoms with Crippen LogP contribution in [0.25, 0.3) is 23.0 Å². The highest BCUT2D eigenvalue weighted by atomic mass is 16.5. The Morgan fingerprint density at radius 2 is 2.03 bits per heavy atom. The highest BCUT2D eigenvalue weighted by Crippen LogP contribution is 2.36. The number of aliphatic hydroxyl groups excluding tert-OH is 1. The van der Waals surface area contributed by atoms with Gasteiger partial charge in [0.05, 0.1) is 23.8 Å². The first kappa shape index (κ1) is 21.3. The van der Waals surface area contributed by atoms with Gasteiger partial charge in [-0.15, -0.1) is 0 Å². The van der Waals surface area contributed by atoms with Gasteiger partial charge in [0.25, 0.3) is 5.91 Å². The number of rotatable bonds is 5. The first-order valence-corrected chi connectivity index (χ1v) is 11.5. The third kappa shape index (κ3) is 4.22. The van der Waals surface area contributed by atoms with E-state index in [1.165, 1.54) is 6.26 Å². The Morgan fingerprint density at radius 3 is 2.80 bits per heavy atom. The smallest absolute Gasteiger partial charge is 0.293 e. The molecule has 1 aromatic carbocycles. The van der Waals surface area contributed by atoms with Crippen LogP contribution < -0.4 is 10.2 Å². The second kappa shape index (κ2) is 8.84. The average Bonchev–Trinajstić information content (AvgIpc) is 3.65. The van der Waals surface area contributed by atoms with Crippen molar-refractivity contribution in [2.45, 2.75) is 25.4 Å². The number of nitrogens with one attached hydrogen (secondary N) is 1. The maximum Gasteiger partial charge on any atom is 0.293 e. The Hall–Kier alpha value is -4.24. The number of aryl methyl sites for hydroxylation is 1. The first-order chi connectivity index (χ1) is 17.1. The van der Waals surface area contributed by atoms with E-state index in [4.69, 9.17) is 8.94 Å². The van der Waals surface area contributed by atoms with Crippen molar-refractivity contribution in [3.8, 4) is 11.3 Å². The quantitative estimate of drug-likeness (QED) is 0.450. The summed E-state index contributed by atoms with van der Waals surface area (Å²) >= 11 is 0. The van der Waals surface area contributed by atoms with E-state index >= 15 is 0 Å². The largest absolute Gasteiger partial charge is 0.459 e. The van der Waals surface area contributed by atoms with Gasteiger partial charge in [-0.3, -0.25) is 10.1 Å². The third-order valence-electron chi connectivity index (χ3n) is 6.37. The van der Waals surface area contributed by atoms with Crippen molar-refractivity contribution in [1.29, 1.82) is 0 Å². The zero-order valence-electron chi connectivity index (χ0n) is 18.8. The third-order valence-corrected chi connectivity index (χ3v) is 6.37. The molecule has 1 atom stereocenters. The number of allylic oxidation sites excluding steroid dienone is 1. The summed E-state index contributed by atoms with van der Waals surface area (Å²) in [4.78, 5) is 23.2. The number of amides is 1. The van der Waals surface area contributed by atoms with Crippen LogP contribution in [-0.4, -0.2) is 45.3 Å². The van der Waals surface area contributed by atoms with Crippen LogP contribution in [0.4, 0.5) is 11.6 Å². The lowest BCUT2D eigenvalue weighted by Crippen LogP contribution is -2.20. The van der Waals surface area contributed by atoms with Gasteiger partial charge in [0.15, 0.2) is 11.5 Å². The highest BCUT2D eigenvalue weighted by molar-refractivity contribution is 6.01. The topological polar surface area (TPSA) is 118 Å². The normalized spacial score (nSPS) is 17.2. The number of aromatic nitrogens is 3. The highest BCUT2D eigenvalue weighted by Gasteiger charge is 2.24. The predicted molar refractivity (Wildman–Crippen MR) is 130 cm³/mol. The van der Waals surface area contributed by atoms with E-state index in [1.807, 2.05) is 30.3 Å². The fourth-order valence-corrected chi connectivity index (χ4v) is 4.54. The molecule has 9 nitrogen and oxygen atoms in total. The minimum absolute atomic E-state index is 0.196. The molecule has 0 radical (unpaired) electrons. The number of β-amino-alcohol motifs (C(OH)–C–C–N with tert-alkyl or cyclic N) is 1. The van der Waals surface area contributed by atoms with E-state index in [0.717, 1.165) is 59.6 Å². The van der Waals surface area contributed by atoms with Gasteiger partial charge in [-0.05, 0) is 73.4 Å². The Balaban J connectivity index is 1.25. The maximum atomic E-state index is 12.3. The van der Waals surface area contributed by atoms with Gasteiger partial charge in [-0.2, -0.15) is 0 Å². The molecule has 1 unspecified atom stereocenters. The van der Waals surface area contributed by atoms with Gasteiger partial charge in [-0.25, -0.2) is 9.97 Å². The fraction of sp³-hybridized carbons (Fsp3) is 0.231. The Bertz CT molecular complexity index is 1390. The van der Waals surface area contributed by atoms with E-state index in [9.17, 15) is 9.90 Å². The van der Waals surface area contributed by atoms with E-state index in [0.29, 0.717) is 12.3 Å². The molecule has 4 aromatic rings. The zero-order chi connectivity index (χ0) is 23.8. The lowest BCUT2D eigenvalue weighted by atomic mass is 9.92. The molecular formula is C26H23N5O4. The van der Waals surface area contributed by atoms with Crippen molar-refractivity contribution < 1.29 is 18.8 Å². The van der Waals surface area contributed by atoms with Crippen molar-refractivity contribution >= 4 is 29.2 Å². The molecule has 35 heavy (non-hydrogen) atoms. The summed E-state index contributed by atoms with van der Waals surface area (Å²) in [5, 5.41) is 16.8. The van der Waals surface area contributed by atoms with Crippen LogP contribution in [0.15, 0.2) is 63.9 Å². The molecule has 1 amide bonds. The SMILES string of the molecule is O=C(Nc1nccc(C2=Cc3c(noc3-c3ccc(N4CCC(O)C4)cc3)CC2)n1)c1ccco1. The minimum Gasteiger partial charge on any atom is -0.459 e. The number of nitrogens with zero attached hydrogens (tertiary/aromatic N) is 4. The van der Waals surface area contributed by atoms with Crippen molar-refractivity contribution in [3.05, 3.63) is 77.6 Å². The molecule has 9 heteroatoms. The standard InChI is InChI=1S/C26H23N5O4/c32-19-10-12-31(15-19)18-6-3-16(4-7-18)24-20-14-17(5-8-22(20)30-35-24)21-9-11-27-26(28-21)29-25(33)23-2-1-13-34-23/h1-4,6-7,9,11,13-14,19,32H,5,8,10,12,15H2,(H,27,28,29,33). The fourth-order valence-electron chi connectivity index (χ4n) is 4.54. The number of hydrogen-bond acceptors (Lipinski definition) is 8. The molecule has 1 saturated heterocycles. The first-order valence-electron chi connectivity index (χ1n) is 11.5. The van der Waals surface area contributed by atoms with Gasteiger partial charge in [0.2, 0.25) is 5.95 Å². The summed E-state index contributed by atoms with van der Waals surface area (Å²) in [5.41, 5.74) is 5.62. The molecule has 0 saturated carbocycles. The number of fused-ring (bicyclic) bond motifs is 1. The molecule has 3 aromatic heterocycles. The number of hydrogen-bond donors (Lipinski definition) is 2. The molecule has 1 aliphatic carbocycles. The maximum absolute atomic E-state index is 12.3. The van der Waals surface area contributed by atoms with E-state index < -0.39 is 5.91 Å². The summed E-state index contributed by atoms with van der Waals surface area (Å²) in [6.07, 6.45) is 7.12. The molecule has 4 heterocycles. The number of anilines is 2. The number of aliphatic hydroxyl groups is 1. The van der Waals surface area contributed by atoms with Gasteiger partial charge in [0.1, 0.15) is 0 Å². The Kier molecular flexibility index (Phi) is 5.38. The lowest BCUT2D eigenvalue weighted by molar-refractivity contribution is 0.0995. The van der Waals surface area contributed by atoms with Gasteiger partial charge in [0, 0.05) is 36.1 Å². The van der Waals surface area contributed by atoms with Gasteiger partial charge in [-0.1, -0.05) is 5.16 Å². The molecule has 2 N–H and O–H groups in total. The van der Waals surface area contributed by atoms with Crippen LogP contribution in [0.2, 0.25) is 0 Å². The van der Waals surface area contributed by atoms with Gasteiger partial charge >= 0.3 is 0 Å². The molecule has 0 spiro atoms. The number of carbonyl (C=O) groups excluding carboxylic acids is 1. The summed E-state index contributed by atoms with van der Waals surface area (Å²) in [7, 11) is 0. The van der Waals surface area contributed by atoms with Crippen LogP contribution in [0.1, 0.15) is 40.3 Å². The number of furan rings is 1. The average molecular weight is 470 g/mol. The number of carbonyl (C=O) groups is 1. The van der Waals surface area contributed by atoms with Crippen molar-refractivity contribution in [1.82, 2.24) is 15.1 Å². The van der Waals surface area contributed by atoms with Crippen molar-refractivity contribution in [3.63, 3.8) is 0 Å². The minimum atomic E-state index is -0.403. The lowest BCUT2D eigenvalue weighted by Gasteiger charge is -2.18. The second-order valence-electron chi connectivity index (χ2n) is 8.67. The summed E-state index contributed by atoms with van der Waals surface area (Å²) in [6.45, 7) is 1.51. The molecule has 176 valence electrons. The van der Waals surface area contributed by atoms with Crippen molar-refractivity contribution in [2.75, 3.05) is 23.3 Å². The van der Waals surface area contributed by atoms with Crippen molar-refractivity contribution in [2.24, 2.45) is 0 Å². The van der Waals surface area contributed by atoms with Crippen LogP contribution in [0.5, 0.6) is 0 Å². The summed E-state index contributed by atoms with van der Waals surface area (Å²) in [5.74, 6) is 0.719. The van der Waals surface area contributed by atoms with Crippen LogP contribution in [0, 0.1) is 0 Å². The zero-order valence-corrected chi connectivity index (χ0v) is 18.8. The molecule has 1 aliphatic heterocycles. The van der Waals surface area contributed by atoms with Gasteiger partial charge < -0.3 is 18.9 Å². The Labute approximate surface area is 201 Å². The number of benzene rings is 1. The molecular weight excluding hydrogens is 446 g/mol. The van der Waals surface area contributed by atoms with E-state index in [1.54, 1.807) is 18.3 Å². The summed E-state index contributed by atoms with van der Waals surface area (Å²) in [6, 6.07) is 13.2. The van der Waals surface area contributed by atoms with E-state index in [-0.39, 0.29) is 17.8 Å². The molecule has 1 fully saturated rings. The second-order valence-corrected chi connectivity index (χ2v) is 8.67. The molecule has 6 rings (SSSR count). The molecule has 2 aliphatic rings. The molecule has 0 bridgehead atoms. The van der Waals surface area contributed by atoms with Crippen LogP contribution >= 0.6 is 0 Å². The predicted octanol–water partition coefficient (Wildman–Crippen LogP) is 4.03. The van der Waals surface area contributed by atoms with Crippen LogP contribution in [-0.2, 0) is 6.42 Å². The van der Waals surface area contributed by atoms with E-state index in [2.05, 4.69) is 31.4 Å². The monoisotopic (exact) mass is 469 g/mol. The Morgan fingerprint density at radius 1 is 1.14 bits per heavy atom.